The van der Waals surface area contributed by atoms with Crippen molar-refractivity contribution in [3.63, 3.8) is 0 Å². The molecule has 0 bridgehead atoms. The van der Waals surface area contributed by atoms with Crippen LogP contribution in [0.15, 0.2) is 62.8 Å². The monoisotopic (exact) mass is 673 g/mol. The molecule has 9 heteroatoms. The van der Waals surface area contributed by atoms with Crippen LogP contribution in [0.3, 0.4) is 0 Å². The van der Waals surface area contributed by atoms with Gasteiger partial charge in [-0.15, -0.1) is 0 Å². The summed E-state index contributed by atoms with van der Waals surface area (Å²) in [4.78, 5) is 25.2. The Labute approximate surface area is 251 Å². The zero-order chi connectivity index (χ0) is 27.5. The van der Waals surface area contributed by atoms with E-state index in [1.54, 1.807) is 7.11 Å². The molecule has 6 nitrogen and oxygen atoms in total. The van der Waals surface area contributed by atoms with Gasteiger partial charge >= 0.3 is 0 Å². The van der Waals surface area contributed by atoms with Crippen molar-refractivity contribution in [1.82, 2.24) is 9.88 Å². The van der Waals surface area contributed by atoms with Crippen molar-refractivity contribution in [3.8, 4) is 5.75 Å². The predicted octanol–water partition coefficient (Wildman–Crippen LogP) is 7.18. The van der Waals surface area contributed by atoms with Crippen molar-refractivity contribution < 1.29 is 14.4 Å². The van der Waals surface area contributed by atoms with E-state index in [2.05, 4.69) is 49.1 Å². The number of rotatable bonds is 6. The van der Waals surface area contributed by atoms with E-state index in [-0.39, 0.29) is 18.4 Å². The molecule has 204 valence electrons. The Morgan fingerprint density at radius 1 is 1.10 bits per heavy atom. The van der Waals surface area contributed by atoms with E-state index in [4.69, 9.17) is 26.2 Å². The number of likely N-dealkylation sites (tertiary alicyclic amines) is 1. The first-order valence-corrected chi connectivity index (χ1v) is 15.0. The normalized spacial score (nSPS) is 17.7. The third-order valence-corrected chi connectivity index (χ3v) is 8.99. The number of methoxy groups -OCH3 is 1. The standard InChI is InChI=1S/C30H30Br2ClN3O3/c1-18(19-5-7-25(38-2)8-6-19)35-39-17-27(37)36-11-9-20(10-12-36)29-28-21(14-24(33)15-26(28)32)3-4-22-13-23(31)16-34-30(22)29/h5-8,13-16,20,29H,3-4,9-12,17H2,1-2H3/b35-18+/t29-/m1/s1. The highest BCUT2D eigenvalue weighted by Gasteiger charge is 2.36. The van der Waals surface area contributed by atoms with Crippen LogP contribution < -0.4 is 4.74 Å². The first-order valence-electron chi connectivity index (χ1n) is 13.0. The molecule has 1 aromatic heterocycles. The summed E-state index contributed by atoms with van der Waals surface area (Å²) in [6, 6.07) is 13.9. The third-order valence-electron chi connectivity index (χ3n) is 7.68. The van der Waals surface area contributed by atoms with E-state index >= 15 is 0 Å². The number of benzene rings is 2. The Bertz CT molecular complexity index is 1390. The highest BCUT2D eigenvalue weighted by molar-refractivity contribution is 9.10. The molecule has 1 aliphatic carbocycles. The molecule has 1 fully saturated rings. The van der Waals surface area contributed by atoms with Gasteiger partial charge in [-0.05, 0) is 119 Å². The van der Waals surface area contributed by atoms with Crippen LogP contribution in [-0.4, -0.2) is 48.3 Å². The molecule has 1 aliphatic heterocycles. The van der Waals surface area contributed by atoms with Crippen molar-refractivity contribution in [3.05, 3.63) is 90.6 Å². The van der Waals surface area contributed by atoms with E-state index in [1.165, 1.54) is 16.7 Å². The topological polar surface area (TPSA) is 64.0 Å². The Morgan fingerprint density at radius 3 is 2.54 bits per heavy atom. The van der Waals surface area contributed by atoms with Crippen molar-refractivity contribution in [2.45, 2.75) is 38.5 Å². The van der Waals surface area contributed by atoms with Crippen molar-refractivity contribution in [2.75, 3.05) is 26.8 Å². The second kappa shape index (κ2) is 12.4. The van der Waals surface area contributed by atoms with Gasteiger partial charge in [-0.25, -0.2) is 0 Å². The number of fused-ring (bicyclic) bond motifs is 2. The van der Waals surface area contributed by atoms with Gasteiger partial charge in [0.05, 0.1) is 18.5 Å². The number of carbonyl (C=O) groups is 1. The Kier molecular flexibility index (Phi) is 8.94. The zero-order valence-electron chi connectivity index (χ0n) is 21.9. The molecule has 0 radical (unpaired) electrons. The second-order valence-electron chi connectivity index (χ2n) is 10.0. The van der Waals surface area contributed by atoms with Crippen LogP contribution in [0.5, 0.6) is 5.75 Å². The van der Waals surface area contributed by atoms with Crippen LogP contribution in [0.2, 0.25) is 5.02 Å². The fourth-order valence-electron chi connectivity index (χ4n) is 5.67. The Balaban J connectivity index is 1.27. The quantitative estimate of drug-likeness (QED) is 0.205. The second-order valence-corrected chi connectivity index (χ2v) is 12.2. The molecule has 39 heavy (non-hydrogen) atoms. The van der Waals surface area contributed by atoms with E-state index < -0.39 is 0 Å². The molecule has 0 unspecified atom stereocenters. The van der Waals surface area contributed by atoms with Gasteiger partial charge in [-0.3, -0.25) is 9.78 Å². The number of nitrogens with zero attached hydrogens (tertiary/aromatic N) is 3. The fourth-order valence-corrected chi connectivity index (χ4v) is 7.17. The van der Waals surface area contributed by atoms with Crippen LogP contribution >= 0.6 is 43.5 Å². The minimum Gasteiger partial charge on any atom is -0.497 e. The first kappa shape index (κ1) is 28.1. The maximum Gasteiger partial charge on any atom is 0.263 e. The average Bonchev–Trinajstić information content (AvgIpc) is 3.09. The summed E-state index contributed by atoms with van der Waals surface area (Å²) in [6.07, 6.45) is 5.50. The number of hydrogen-bond donors (Lipinski definition) is 0. The summed E-state index contributed by atoms with van der Waals surface area (Å²) in [5, 5.41) is 4.90. The SMILES string of the molecule is COc1ccc(/C(C)=N/OCC(=O)N2CCC([C@H]3c4ncc(Br)cc4CCc4cc(Cl)cc(Br)c43)CC2)cc1. The largest absolute Gasteiger partial charge is 0.497 e. The van der Waals surface area contributed by atoms with Crippen molar-refractivity contribution >= 4 is 55.1 Å². The lowest BCUT2D eigenvalue weighted by Gasteiger charge is -2.37. The summed E-state index contributed by atoms with van der Waals surface area (Å²) in [6.45, 7) is 3.14. The molecule has 0 saturated carbocycles. The number of amides is 1. The van der Waals surface area contributed by atoms with E-state index in [0.29, 0.717) is 24.7 Å². The lowest BCUT2D eigenvalue weighted by Crippen LogP contribution is -2.41. The molecular formula is C30H30Br2ClN3O3. The highest BCUT2D eigenvalue weighted by atomic mass is 79.9. The molecule has 1 atom stereocenters. The molecule has 3 aromatic rings. The molecule has 2 aromatic carbocycles. The number of pyridine rings is 1. The van der Waals surface area contributed by atoms with Gasteiger partial charge in [0, 0.05) is 39.2 Å². The van der Waals surface area contributed by atoms with E-state index in [0.717, 1.165) is 56.7 Å². The zero-order valence-corrected chi connectivity index (χ0v) is 25.9. The molecule has 0 spiro atoms. The minimum atomic E-state index is -0.0765. The molecule has 2 heterocycles. The molecule has 2 aliphatic rings. The Hall–Kier alpha value is -2.42. The molecule has 5 rings (SSSR count). The molecule has 0 N–H and O–H groups in total. The van der Waals surface area contributed by atoms with Gasteiger partial charge in [0.2, 0.25) is 0 Å². The Morgan fingerprint density at radius 2 is 1.82 bits per heavy atom. The first-order chi connectivity index (χ1) is 18.8. The van der Waals surface area contributed by atoms with Gasteiger partial charge in [0.1, 0.15) is 5.75 Å². The number of ether oxygens (including phenoxy) is 1. The van der Waals surface area contributed by atoms with Crippen LogP contribution in [0, 0.1) is 5.92 Å². The fraction of sp³-hybridized carbons (Fsp3) is 0.367. The van der Waals surface area contributed by atoms with Crippen LogP contribution in [0.25, 0.3) is 0 Å². The average molecular weight is 676 g/mol. The van der Waals surface area contributed by atoms with Crippen LogP contribution in [0.1, 0.15) is 53.6 Å². The predicted molar refractivity (Wildman–Crippen MR) is 161 cm³/mol. The molecular weight excluding hydrogens is 646 g/mol. The molecule has 1 saturated heterocycles. The summed E-state index contributed by atoms with van der Waals surface area (Å²) in [7, 11) is 1.63. The summed E-state index contributed by atoms with van der Waals surface area (Å²) in [5.74, 6) is 1.23. The van der Waals surface area contributed by atoms with Crippen LogP contribution in [0.4, 0.5) is 0 Å². The van der Waals surface area contributed by atoms with Gasteiger partial charge in [0.15, 0.2) is 6.61 Å². The third kappa shape index (κ3) is 6.34. The van der Waals surface area contributed by atoms with E-state index in [1.807, 2.05) is 48.4 Å². The molecule has 1 amide bonds. The number of aromatic nitrogens is 1. The number of hydrogen-bond acceptors (Lipinski definition) is 5. The lowest BCUT2D eigenvalue weighted by atomic mass is 9.76. The summed E-state index contributed by atoms with van der Waals surface area (Å²) < 4.78 is 7.22. The summed E-state index contributed by atoms with van der Waals surface area (Å²) >= 11 is 13.9. The van der Waals surface area contributed by atoms with Crippen molar-refractivity contribution in [2.24, 2.45) is 11.1 Å². The van der Waals surface area contributed by atoms with Gasteiger partial charge in [0.25, 0.3) is 5.91 Å². The maximum absolute atomic E-state index is 12.9. The van der Waals surface area contributed by atoms with Gasteiger partial charge in [-0.2, -0.15) is 0 Å². The smallest absolute Gasteiger partial charge is 0.263 e. The minimum absolute atomic E-state index is 0.0450. The number of oxime groups is 1. The van der Waals surface area contributed by atoms with Crippen LogP contribution in [-0.2, 0) is 22.5 Å². The highest BCUT2D eigenvalue weighted by Crippen LogP contribution is 2.46. The van der Waals surface area contributed by atoms with Gasteiger partial charge in [-0.1, -0.05) is 32.7 Å². The number of carbonyl (C=O) groups excluding carboxylic acids is 1. The number of halogens is 3. The summed E-state index contributed by atoms with van der Waals surface area (Å²) in [5.41, 5.74) is 6.58. The van der Waals surface area contributed by atoms with Gasteiger partial charge < -0.3 is 14.5 Å². The maximum atomic E-state index is 12.9. The number of aryl methyl sites for hydroxylation is 2. The van der Waals surface area contributed by atoms with Crippen molar-refractivity contribution in [1.29, 1.82) is 0 Å². The lowest BCUT2D eigenvalue weighted by molar-refractivity contribution is -0.137. The van der Waals surface area contributed by atoms with E-state index in [9.17, 15) is 4.79 Å². The number of piperidine rings is 1.